The highest BCUT2D eigenvalue weighted by molar-refractivity contribution is 5.99. The van der Waals surface area contributed by atoms with Crippen LogP contribution in [0, 0.1) is 19.7 Å². The number of benzene rings is 3. The molecule has 0 bridgehead atoms. The van der Waals surface area contributed by atoms with E-state index in [2.05, 4.69) is 42.2 Å². The summed E-state index contributed by atoms with van der Waals surface area (Å²) >= 11 is 0. The Morgan fingerprint density at radius 1 is 0.906 bits per heavy atom. The summed E-state index contributed by atoms with van der Waals surface area (Å²) in [6.07, 6.45) is 2.01. The van der Waals surface area contributed by atoms with E-state index in [0.29, 0.717) is 23.6 Å². The number of ether oxygens (including phenoxy) is 2. The number of pyridine rings is 1. The van der Waals surface area contributed by atoms with Gasteiger partial charge in [0.05, 0.1) is 12.1 Å². The van der Waals surface area contributed by atoms with Crippen LogP contribution in [0.15, 0.2) is 60.8 Å². The number of hydrogen-bond acceptors (Lipinski definition) is 4. The summed E-state index contributed by atoms with van der Waals surface area (Å²) in [5.74, 6) is 1.12. The van der Waals surface area contributed by atoms with Gasteiger partial charge >= 0.3 is 0 Å². The molecule has 3 aliphatic rings. The fourth-order valence-electron chi connectivity index (χ4n) is 4.27. The van der Waals surface area contributed by atoms with E-state index in [1.165, 1.54) is 17.2 Å². The lowest BCUT2D eigenvalue weighted by atomic mass is 9.98. The molecular formula is C26H20FN3O2. The molecule has 0 unspecified atom stereocenters. The fourth-order valence-corrected chi connectivity index (χ4v) is 4.27. The molecule has 3 heterocycles. The molecule has 0 fully saturated rings. The van der Waals surface area contributed by atoms with Gasteiger partial charge in [-0.15, -0.1) is 10.2 Å². The Morgan fingerprint density at radius 2 is 1.69 bits per heavy atom. The van der Waals surface area contributed by atoms with Gasteiger partial charge in [-0.2, -0.15) is 0 Å². The zero-order valence-electron chi connectivity index (χ0n) is 17.7. The average molecular weight is 425 g/mol. The summed E-state index contributed by atoms with van der Waals surface area (Å²) in [5, 5.41) is 9.96. The number of rotatable bonds is 3. The van der Waals surface area contributed by atoms with Crippen LogP contribution in [0.4, 0.5) is 4.39 Å². The van der Waals surface area contributed by atoms with Crippen molar-refractivity contribution in [2.75, 3.05) is 6.79 Å². The Morgan fingerprint density at radius 3 is 2.50 bits per heavy atom. The van der Waals surface area contributed by atoms with E-state index in [1.54, 1.807) is 12.1 Å². The third kappa shape index (κ3) is 2.91. The molecule has 3 aliphatic heterocycles. The van der Waals surface area contributed by atoms with E-state index in [9.17, 15) is 4.39 Å². The largest absolute Gasteiger partial charge is 0.454 e. The zero-order valence-corrected chi connectivity index (χ0v) is 17.7. The molecule has 6 heteroatoms. The summed E-state index contributed by atoms with van der Waals surface area (Å²) in [7, 11) is 0. The van der Waals surface area contributed by atoms with E-state index in [0.717, 1.165) is 33.4 Å². The lowest BCUT2D eigenvalue weighted by Crippen LogP contribution is -2.05. The maximum Gasteiger partial charge on any atom is 0.231 e. The van der Waals surface area contributed by atoms with Crippen molar-refractivity contribution < 1.29 is 13.9 Å². The molecule has 0 spiro atoms. The van der Waals surface area contributed by atoms with Crippen LogP contribution in [-0.4, -0.2) is 21.6 Å². The van der Waals surface area contributed by atoms with Crippen LogP contribution in [0.1, 0.15) is 16.7 Å². The number of halogens is 1. The summed E-state index contributed by atoms with van der Waals surface area (Å²) in [4.78, 5) is 0. The van der Waals surface area contributed by atoms with Crippen LogP contribution in [0.25, 0.3) is 33.4 Å². The van der Waals surface area contributed by atoms with Crippen LogP contribution >= 0.6 is 0 Å². The van der Waals surface area contributed by atoms with Crippen LogP contribution in [-0.2, 0) is 6.54 Å². The second kappa shape index (κ2) is 7.05. The molecule has 0 saturated carbocycles. The monoisotopic (exact) mass is 425 g/mol. The molecule has 32 heavy (non-hydrogen) atoms. The number of aromatic nitrogens is 3. The van der Waals surface area contributed by atoms with E-state index in [1.807, 2.05) is 29.0 Å². The molecule has 0 atom stereocenters. The second-order valence-corrected chi connectivity index (χ2v) is 8.18. The Bertz CT molecular complexity index is 1470. The summed E-state index contributed by atoms with van der Waals surface area (Å²) in [5.41, 5.74) is 7.44. The van der Waals surface area contributed by atoms with Gasteiger partial charge in [0, 0.05) is 34.3 Å². The average Bonchev–Trinajstić information content (AvgIpc) is 3.42. The fraction of sp³-hybridized carbons (Fsp3) is 0.154. The van der Waals surface area contributed by atoms with Crippen molar-refractivity contribution in [1.29, 1.82) is 0 Å². The minimum Gasteiger partial charge on any atom is -0.454 e. The quantitative estimate of drug-likeness (QED) is 0.370. The zero-order chi connectivity index (χ0) is 21.8. The minimum atomic E-state index is -0.234. The molecule has 0 aliphatic carbocycles. The topological polar surface area (TPSA) is 49.2 Å². The highest BCUT2D eigenvalue weighted by Gasteiger charge is 2.24. The smallest absolute Gasteiger partial charge is 0.231 e. The van der Waals surface area contributed by atoms with Gasteiger partial charge in [0.1, 0.15) is 17.2 Å². The minimum absolute atomic E-state index is 0.183. The van der Waals surface area contributed by atoms with E-state index >= 15 is 0 Å². The molecule has 0 radical (unpaired) electrons. The van der Waals surface area contributed by atoms with Crippen molar-refractivity contribution in [3.05, 3.63) is 83.3 Å². The Labute approximate surface area is 184 Å². The van der Waals surface area contributed by atoms with Gasteiger partial charge < -0.3 is 14.0 Å². The van der Waals surface area contributed by atoms with E-state index in [-0.39, 0.29) is 12.6 Å². The third-order valence-electron chi connectivity index (χ3n) is 6.18. The van der Waals surface area contributed by atoms with Crippen molar-refractivity contribution in [2.45, 2.75) is 20.4 Å². The number of nitrogens with zero attached hydrogens (tertiary/aromatic N) is 3. The maximum absolute atomic E-state index is 14.5. The van der Waals surface area contributed by atoms with Gasteiger partial charge in [-0.05, 0) is 43.2 Å². The first-order valence-electron chi connectivity index (χ1n) is 10.5. The molecule has 0 saturated heterocycles. The van der Waals surface area contributed by atoms with Crippen LogP contribution in [0.5, 0.6) is 11.5 Å². The first-order valence-corrected chi connectivity index (χ1v) is 10.5. The standard InChI is InChI=1S/C26H20FN3O2/c1-15-7-8-17(9-16(15)2)25-20-13-30(12-18-5-3-4-6-21(18)27)22-11-24-23(31-14-32-24)10-19(22)26(20)29-28-25/h3-11,13H,12,14H2,1-2H3. The number of hydrogen-bond donors (Lipinski definition) is 0. The van der Waals surface area contributed by atoms with Gasteiger partial charge in [0.25, 0.3) is 0 Å². The van der Waals surface area contributed by atoms with Crippen LogP contribution in [0.2, 0.25) is 0 Å². The third-order valence-corrected chi connectivity index (χ3v) is 6.18. The molecule has 5 nitrogen and oxygen atoms in total. The van der Waals surface area contributed by atoms with Gasteiger partial charge in [-0.1, -0.05) is 30.3 Å². The highest BCUT2D eigenvalue weighted by atomic mass is 19.1. The summed E-state index contributed by atoms with van der Waals surface area (Å²) in [6.45, 7) is 4.73. The van der Waals surface area contributed by atoms with E-state index in [4.69, 9.17) is 9.47 Å². The van der Waals surface area contributed by atoms with Crippen molar-refractivity contribution in [3.63, 3.8) is 0 Å². The normalized spacial score (nSPS) is 12.7. The van der Waals surface area contributed by atoms with Gasteiger partial charge in [0.2, 0.25) is 6.79 Å². The van der Waals surface area contributed by atoms with Crippen molar-refractivity contribution >= 4 is 10.9 Å². The van der Waals surface area contributed by atoms with Crippen LogP contribution in [0.3, 0.4) is 0 Å². The SMILES string of the molecule is Cc1ccc(-c2nnc3c4cc5c(cc4n(Cc4ccccc4F)cc2-3)OCO5)cc1C. The predicted octanol–water partition coefficient (Wildman–Crippen LogP) is 5.74. The van der Waals surface area contributed by atoms with Crippen LogP contribution < -0.4 is 9.47 Å². The lowest BCUT2D eigenvalue weighted by molar-refractivity contribution is 0.174. The number of fused-ring (bicyclic) bond motifs is 4. The summed E-state index contributed by atoms with van der Waals surface area (Å²) < 4.78 is 27.7. The van der Waals surface area contributed by atoms with Crippen molar-refractivity contribution in [1.82, 2.24) is 14.8 Å². The second-order valence-electron chi connectivity index (χ2n) is 8.18. The molecular weight excluding hydrogens is 405 g/mol. The van der Waals surface area contributed by atoms with Gasteiger partial charge in [-0.3, -0.25) is 0 Å². The van der Waals surface area contributed by atoms with Gasteiger partial charge in [-0.25, -0.2) is 4.39 Å². The highest BCUT2D eigenvalue weighted by Crippen LogP contribution is 2.42. The van der Waals surface area contributed by atoms with Gasteiger partial charge in [0.15, 0.2) is 11.5 Å². The lowest BCUT2D eigenvalue weighted by Gasteiger charge is -2.16. The first-order chi connectivity index (χ1) is 15.6. The molecule has 158 valence electrons. The Hall–Kier alpha value is -3.93. The molecule has 0 aromatic heterocycles. The van der Waals surface area contributed by atoms with Crippen molar-refractivity contribution in [2.24, 2.45) is 0 Å². The maximum atomic E-state index is 14.5. The van der Waals surface area contributed by atoms with E-state index < -0.39 is 0 Å². The molecule has 0 amide bonds. The molecule has 3 aromatic carbocycles. The molecule has 0 N–H and O–H groups in total. The molecule has 6 rings (SSSR count). The predicted molar refractivity (Wildman–Crippen MR) is 121 cm³/mol. The van der Waals surface area contributed by atoms with Crippen molar-refractivity contribution in [3.8, 4) is 34.0 Å². The Balaban J connectivity index is 1.61. The summed E-state index contributed by atoms with van der Waals surface area (Å²) in [6, 6.07) is 17.0. The number of aryl methyl sites for hydroxylation is 2. The Kier molecular flexibility index (Phi) is 4.15. The molecule has 3 aromatic rings. The first kappa shape index (κ1) is 18.8.